The highest BCUT2D eigenvalue weighted by Gasteiger charge is 2.23. The SMILES string of the molecule is CCCCC(CCCC)N[C@H]1CCc2ccccc21. The van der Waals surface area contributed by atoms with Gasteiger partial charge in [-0.1, -0.05) is 63.8 Å². The standard InChI is InChI=1S/C18H29N/c1-3-5-10-16(11-6-4-2)19-18-14-13-15-9-7-8-12-17(15)18/h7-9,12,16,18-19H,3-6,10-11,13-14H2,1-2H3/t18-/m0/s1. The summed E-state index contributed by atoms with van der Waals surface area (Å²) >= 11 is 0. The monoisotopic (exact) mass is 259 g/mol. The molecule has 1 nitrogen and oxygen atoms in total. The van der Waals surface area contributed by atoms with E-state index in [0.29, 0.717) is 6.04 Å². The molecule has 0 radical (unpaired) electrons. The van der Waals surface area contributed by atoms with E-state index < -0.39 is 0 Å². The van der Waals surface area contributed by atoms with Crippen LogP contribution in [0.3, 0.4) is 0 Å². The Morgan fingerprint density at radius 3 is 2.47 bits per heavy atom. The highest BCUT2D eigenvalue weighted by atomic mass is 15.0. The van der Waals surface area contributed by atoms with Crippen molar-refractivity contribution < 1.29 is 0 Å². The van der Waals surface area contributed by atoms with Gasteiger partial charge in [-0.3, -0.25) is 0 Å². The molecule has 0 aromatic heterocycles. The summed E-state index contributed by atoms with van der Waals surface area (Å²) < 4.78 is 0. The lowest BCUT2D eigenvalue weighted by atomic mass is 10.0. The number of hydrogen-bond donors (Lipinski definition) is 1. The molecule has 1 aromatic carbocycles. The number of hydrogen-bond acceptors (Lipinski definition) is 1. The molecule has 19 heavy (non-hydrogen) atoms. The summed E-state index contributed by atoms with van der Waals surface area (Å²) in [5.41, 5.74) is 3.12. The maximum Gasteiger partial charge on any atom is 0.0328 e. The third-order valence-corrected chi connectivity index (χ3v) is 4.38. The van der Waals surface area contributed by atoms with E-state index in [1.54, 1.807) is 11.1 Å². The van der Waals surface area contributed by atoms with Crippen molar-refractivity contribution >= 4 is 0 Å². The summed E-state index contributed by atoms with van der Waals surface area (Å²) in [6.07, 6.45) is 10.6. The van der Waals surface area contributed by atoms with Gasteiger partial charge in [-0.25, -0.2) is 0 Å². The molecule has 0 unspecified atom stereocenters. The predicted molar refractivity (Wildman–Crippen MR) is 83.5 cm³/mol. The number of benzene rings is 1. The zero-order valence-electron chi connectivity index (χ0n) is 12.6. The second-order valence-electron chi connectivity index (χ2n) is 5.94. The first-order valence-electron chi connectivity index (χ1n) is 8.19. The summed E-state index contributed by atoms with van der Waals surface area (Å²) in [5, 5.41) is 3.94. The Bertz CT molecular complexity index is 364. The molecular weight excluding hydrogens is 230 g/mol. The van der Waals surface area contributed by atoms with Gasteiger partial charge in [0.25, 0.3) is 0 Å². The van der Waals surface area contributed by atoms with Crippen LogP contribution in [0.1, 0.15) is 76.0 Å². The van der Waals surface area contributed by atoms with E-state index in [9.17, 15) is 0 Å². The van der Waals surface area contributed by atoms with Crippen LogP contribution in [0.5, 0.6) is 0 Å². The molecule has 0 heterocycles. The van der Waals surface area contributed by atoms with Crippen LogP contribution in [0.4, 0.5) is 0 Å². The maximum absolute atomic E-state index is 3.94. The molecule has 1 heteroatoms. The Labute approximate surface area is 118 Å². The molecule has 0 aliphatic heterocycles. The molecular formula is C18H29N. The summed E-state index contributed by atoms with van der Waals surface area (Å²) in [7, 11) is 0. The van der Waals surface area contributed by atoms with E-state index in [1.165, 1.54) is 51.4 Å². The molecule has 0 spiro atoms. The first-order chi connectivity index (χ1) is 9.35. The third-order valence-electron chi connectivity index (χ3n) is 4.38. The minimum absolute atomic E-state index is 0.606. The quantitative estimate of drug-likeness (QED) is 0.691. The lowest BCUT2D eigenvalue weighted by Gasteiger charge is -2.23. The van der Waals surface area contributed by atoms with Crippen LogP contribution >= 0.6 is 0 Å². The highest BCUT2D eigenvalue weighted by molar-refractivity contribution is 5.34. The minimum atomic E-state index is 0.606. The van der Waals surface area contributed by atoms with Gasteiger partial charge in [0.2, 0.25) is 0 Å². The van der Waals surface area contributed by atoms with Crippen LogP contribution in [0.2, 0.25) is 0 Å². The number of nitrogens with one attached hydrogen (secondary N) is 1. The zero-order chi connectivity index (χ0) is 13.5. The lowest BCUT2D eigenvalue weighted by Crippen LogP contribution is -2.32. The molecule has 0 saturated carbocycles. The number of fused-ring (bicyclic) bond motifs is 1. The second kappa shape index (κ2) is 7.69. The van der Waals surface area contributed by atoms with E-state index >= 15 is 0 Å². The Morgan fingerprint density at radius 2 is 1.79 bits per heavy atom. The van der Waals surface area contributed by atoms with Gasteiger partial charge in [0.15, 0.2) is 0 Å². The Hall–Kier alpha value is -0.820. The molecule has 1 N–H and O–H groups in total. The van der Waals surface area contributed by atoms with Crippen LogP contribution in [-0.4, -0.2) is 6.04 Å². The topological polar surface area (TPSA) is 12.0 Å². The molecule has 106 valence electrons. The van der Waals surface area contributed by atoms with Crippen LogP contribution in [0.15, 0.2) is 24.3 Å². The van der Waals surface area contributed by atoms with Gasteiger partial charge >= 0.3 is 0 Å². The molecule has 1 aliphatic carbocycles. The fourth-order valence-electron chi connectivity index (χ4n) is 3.23. The molecule has 1 aliphatic rings. The van der Waals surface area contributed by atoms with Crippen molar-refractivity contribution in [2.24, 2.45) is 0 Å². The predicted octanol–water partition coefficient (Wildman–Crippen LogP) is 5.01. The van der Waals surface area contributed by atoms with Gasteiger partial charge in [0.05, 0.1) is 0 Å². The Kier molecular flexibility index (Phi) is 5.91. The normalized spacial score (nSPS) is 17.9. The van der Waals surface area contributed by atoms with Crippen molar-refractivity contribution in [3.63, 3.8) is 0 Å². The summed E-state index contributed by atoms with van der Waals surface area (Å²) in [6, 6.07) is 10.3. The fourth-order valence-corrected chi connectivity index (χ4v) is 3.23. The van der Waals surface area contributed by atoms with Gasteiger partial charge in [-0.2, -0.15) is 0 Å². The molecule has 0 bridgehead atoms. The van der Waals surface area contributed by atoms with Crippen LogP contribution in [0.25, 0.3) is 0 Å². The first kappa shape index (κ1) is 14.6. The summed E-state index contributed by atoms with van der Waals surface area (Å²) in [5.74, 6) is 0. The van der Waals surface area contributed by atoms with E-state index in [2.05, 4.69) is 43.4 Å². The summed E-state index contributed by atoms with van der Waals surface area (Å²) in [6.45, 7) is 4.59. The zero-order valence-corrected chi connectivity index (χ0v) is 12.6. The van der Waals surface area contributed by atoms with Crippen molar-refractivity contribution in [1.82, 2.24) is 5.32 Å². The van der Waals surface area contributed by atoms with Gasteiger partial charge < -0.3 is 5.32 Å². The van der Waals surface area contributed by atoms with Crippen LogP contribution in [0, 0.1) is 0 Å². The lowest BCUT2D eigenvalue weighted by molar-refractivity contribution is 0.376. The first-order valence-corrected chi connectivity index (χ1v) is 8.19. The molecule has 0 saturated heterocycles. The van der Waals surface area contributed by atoms with Gasteiger partial charge in [-0.15, -0.1) is 0 Å². The molecule has 1 aromatic rings. The summed E-state index contributed by atoms with van der Waals surface area (Å²) in [4.78, 5) is 0. The van der Waals surface area contributed by atoms with Crippen LogP contribution < -0.4 is 5.32 Å². The van der Waals surface area contributed by atoms with Crippen molar-refractivity contribution in [3.8, 4) is 0 Å². The largest absolute Gasteiger partial charge is 0.307 e. The average molecular weight is 259 g/mol. The molecule has 0 fully saturated rings. The van der Waals surface area contributed by atoms with Crippen molar-refractivity contribution in [1.29, 1.82) is 0 Å². The average Bonchev–Trinajstić information content (AvgIpc) is 2.85. The van der Waals surface area contributed by atoms with E-state index in [1.807, 2.05) is 0 Å². The molecule has 1 atom stereocenters. The number of unbranched alkanes of at least 4 members (excludes halogenated alkanes) is 2. The molecule has 2 rings (SSSR count). The van der Waals surface area contributed by atoms with Crippen LogP contribution in [-0.2, 0) is 6.42 Å². The maximum atomic E-state index is 3.94. The Balaban J connectivity index is 1.93. The van der Waals surface area contributed by atoms with Gasteiger partial charge in [0.1, 0.15) is 0 Å². The minimum Gasteiger partial charge on any atom is -0.307 e. The smallest absolute Gasteiger partial charge is 0.0328 e. The fraction of sp³-hybridized carbons (Fsp3) is 0.667. The highest BCUT2D eigenvalue weighted by Crippen LogP contribution is 2.31. The third kappa shape index (κ3) is 4.07. The van der Waals surface area contributed by atoms with E-state index in [4.69, 9.17) is 0 Å². The van der Waals surface area contributed by atoms with Gasteiger partial charge in [0, 0.05) is 12.1 Å². The number of rotatable bonds is 8. The van der Waals surface area contributed by atoms with E-state index in [0.717, 1.165) is 6.04 Å². The number of aryl methyl sites for hydroxylation is 1. The van der Waals surface area contributed by atoms with Crippen molar-refractivity contribution in [2.75, 3.05) is 0 Å². The second-order valence-corrected chi connectivity index (χ2v) is 5.94. The Morgan fingerprint density at radius 1 is 1.11 bits per heavy atom. The molecule has 0 amide bonds. The van der Waals surface area contributed by atoms with Crippen molar-refractivity contribution in [2.45, 2.75) is 77.3 Å². The van der Waals surface area contributed by atoms with Crippen molar-refractivity contribution in [3.05, 3.63) is 35.4 Å². The van der Waals surface area contributed by atoms with E-state index in [-0.39, 0.29) is 0 Å². The van der Waals surface area contributed by atoms with Gasteiger partial charge in [-0.05, 0) is 36.8 Å².